The normalized spacial score (nSPS) is 17.6. The number of carbonyl (C=O) groups is 2. The van der Waals surface area contributed by atoms with Gasteiger partial charge in [-0.3, -0.25) is 19.5 Å². The Hall–Kier alpha value is -3.37. The van der Waals surface area contributed by atoms with E-state index in [0.717, 1.165) is 12.8 Å². The van der Waals surface area contributed by atoms with Crippen molar-refractivity contribution in [1.29, 1.82) is 0 Å². The molecule has 1 saturated heterocycles. The van der Waals surface area contributed by atoms with Crippen molar-refractivity contribution in [2.75, 3.05) is 13.1 Å². The Bertz CT molecular complexity index is 1090. The fourth-order valence-electron chi connectivity index (χ4n) is 4.86. The summed E-state index contributed by atoms with van der Waals surface area (Å²) in [5.74, 6) is -0.581. The van der Waals surface area contributed by atoms with Gasteiger partial charge in [0, 0.05) is 44.2 Å². The number of nitrogens with one attached hydrogen (secondary N) is 2. The zero-order chi connectivity index (χ0) is 24.1. The number of rotatable bonds is 7. The summed E-state index contributed by atoms with van der Waals surface area (Å²) in [4.78, 5) is 49.2. The zero-order valence-corrected chi connectivity index (χ0v) is 19.2. The maximum Gasteiger partial charge on any atom is 0.419 e. The van der Waals surface area contributed by atoms with Gasteiger partial charge in [-0.15, -0.1) is 0 Å². The molecular formula is C23H31N5O6. The van der Waals surface area contributed by atoms with Gasteiger partial charge in [0.2, 0.25) is 5.91 Å². The highest BCUT2D eigenvalue weighted by atomic mass is 16.6. The number of carbonyl (C=O) groups excluding carboxylic acids is 2. The van der Waals surface area contributed by atoms with Gasteiger partial charge in [-0.2, -0.15) is 0 Å². The number of hydrogen-bond donors (Lipinski definition) is 2. The number of nitro groups is 1. The van der Waals surface area contributed by atoms with Crippen molar-refractivity contribution >= 4 is 28.7 Å². The third kappa shape index (κ3) is 5.75. The molecule has 0 bridgehead atoms. The molecule has 4 rings (SSSR count). The lowest BCUT2D eigenvalue weighted by molar-refractivity contribution is -0.384. The maximum atomic E-state index is 12.6. The van der Waals surface area contributed by atoms with E-state index in [4.69, 9.17) is 4.42 Å². The standard InChI is InChI=1S/C23H31N5O6/c29-21(7-4-12-27-19-9-8-18(28(32)33)15-20(19)34-23(27)31)26-13-10-17(11-14-26)25-22(30)24-16-5-2-1-3-6-16/h8-9,15-17H,1-7,10-14H2,(H2,24,25,30). The van der Waals surface area contributed by atoms with Gasteiger partial charge in [-0.05, 0) is 38.2 Å². The Balaban J connectivity index is 1.20. The summed E-state index contributed by atoms with van der Waals surface area (Å²) in [6.45, 7) is 1.46. The SMILES string of the molecule is O=C(NC1CCCCC1)NC1CCN(C(=O)CCCn2c(=O)oc3cc([N+](=O)[O-])ccc32)CC1. The minimum absolute atomic E-state index is 0.0154. The summed E-state index contributed by atoms with van der Waals surface area (Å²) < 4.78 is 6.52. The van der Waals surface area contributed by atoms with Gasteiger partial charge in [0.25, 0.3) is 5.69 Å². The van der Waals surface area contributed by atoms with E-state index in [2.05, 4.69) is 10.6 Å². The topological polar surface area (TPSA) is 140 Å². The Kier molecular flexibility index (Phi) is 7.49. The first-order valence-corrected chi connectivity index (χ1v) is 12.0. The Morgan fingerprint density at radius 2 is 1.74 bits per heavy atom. The molecule has 2 aliphatic rings. The summed E-state index contributed by atoms with van der Waals surface area (Å²) in [7, 11) is 0. The number of nitrogens with zero attached hydrogens (tertiary/aromatic N) is 3. The minimum atomic E-state index is -0.596. The summed E-state index contributed by atoms with van der Waals surface area (Å²) in [6, 6.07) is 4.26. The van der Waals surface area contributed by atoms with Crippen LogP contribution in [-0.4, -0.2) is 51.5 Å². The molecule has 0 unspecified atom stereocenters. The molecule has 1 aromatic carbocycles. The van der Waals surface area contributed by atoms with Crippen LogP contribution in [0.2, 0.25) is 0 Å². The Morgan fingerprint density at radius 3 is 2.41 bits per heavy atom. The molecule has 0 spiro atoms. The molecule has 1 aliphatic carbocycles. The molecule has 11 heteroatoms. The lowest BCUT2D eigenvalue weighted by atomic mass is 9.96. The highest BCUT2D eigenvalue weighted by Gasteiger charge is 2.25. The van der Waals surface area contributed by atoms with E-state index in [1.165, 1.54) is 42.0 Å². The number of piperidine rings is 1. The molecule has 1 saturated carbocycles. The number of aromatic nitrogens is 1. The molecule has 0 radical (unpaired) electrons. The van der Waals surface area contributed by atoms with Gasteiger partial charge >= 0.3 is 11.8 Å². The molecule has 184 valence electrons. The van der Waals surface area contributed by atoms with Crippen LogP contribution in [-0.2, 0) is 11.3 Å². The summed E-state index contributed by atoms with van der Waals surface area (Å²) in [6.07, 6.45) is 7.83. The number of amides is 3. The molecular weight excluding hydrogens is 442 g/mol. The van der Waals surface area contributed by atoms with E-state index in [0.29, 0.717) is 37.9 Å². The van der Waals surface area contributed by atoms with Gasteiger partial charge in [-0.25, -0.2) is 9.59 Å². The van der Waals surface area contributed by atoms with Crippen molar-refractivity contribution in [2.45, 2.75) is 76.4 Å². The lowest BCUT2D eigenvalue weighted by Crippen LogP contribution is -2.51. The lowest BCUT2D eigenvalue weighted by Gasteiger charge is -2.33. The van der Waals surface area contributed by atoms with E-state index in [1.807, 2.05) is 0 Å². The Morgan fingerprint density at radius 1 is 1.06 bits per heavy atom. The van der Waals surface area contributed by atoms with E-state index in [1.54, 1.807) is 4.90 Å². The van der Waals surface area contributed by atoms with Crippen LogP contribution in [0.15, 0.2) is 27.4 Å². The monoisotopic (exact) mass is 473 g/mol. The van der Waals surface area contributed by atoms with Gasteiger partial charge in [-0.1, -0.05) is 19.3 Å². The van der Waals surface area contributed by atoms with Crippen LogP contribution in [0.5, 0.6) is 0 Å². The summed E-state index contributed by atoms with van der Waals surface area (Å²) >= 11 is 0. The largest absolute Gasteiger partial charge is 0.419 e. The van der Waals surface area contributed by atoms with Crippen molar-refractivity contribution in [3.63, 3.8) is 0 Å². The second-order valence-corrected chi connectivity index (χ2v) is 9.14. The molecule has 1 aliphatic heterocycles. The molecule has 3 amide bonds. The van der Waals surface area contributed by atoms with Crippen LogP contribution in [0.4, 0.5) is 10.5 Å². The predicted molar refractivity (Wildman–Crippen MR) is 125 cm³/mol. The molecule has 2 heterocycles. The number of nitro benzene ring substituents is 1. The molecule has 0 atom stereocenters. The van der Waals surface area contributed by atoms with E-state index in [9.17, 15) is 24.5 Å². The van der Waals surface area contributed by atoms with Crippen molar-refractivity contribution < 1.29 is 18.9 Å². The molecule has 2 fully saturated rings. The number of hydrogen-bond acceptors (Lipinski definition) is 6. The van der Waals surface area contributed by atoms with Gasteiger partial charge in [0.1, 0.15) is 0 Å². The maximum absolute atomic E-state index is 12.6. The minimum Gasteiger partial charge on any atom is -0.407 e. The first-order valence-electron chi connectivity index (χ1n) is 12.0. The molecule has 34 heavy (non-hydrogen) atoms. The molecule has 2 N–H and O–H groups in total. The first kappa shape index (κ1) is 23.8. The van der Waals surface area contributed by atoms with Crippen LogP contribution in [0, 0.1) is 10.1 Å². The Labute approximate surface area is 196 Å². The first-order chi connectivity index (χ1) is 16.4. The van der Waals surface area contributed by atoms with Crippen LogP contribution in [0.3, 0.4) is 0 Å². The van der Waals surface area contributed by atoms with Gasteiger partial charge < -0.3 is 20.0 Å². The second kappa shape index (κ2) is 10.7. The highest BCUT2D eigenvalue weighted by Crippen LogP contribution is 2.21. The number of aryl methyl sites for hydroxylation is 1. The third-order valence-electron chi connectivity index (χ3n) is 6.76. The number of oxazole rings is 1. The van der Waals surface area contributed by atoms with Crippen molar-refractivity contribution in [2.24, 2.45) is 0 Å². The van der Waals surface area contributed by atoms with Gasteiger partial charge in [0.05, 0.1) is 16.5 Å². The number of fused-ring (bicyclic) bond motifs is 1. The fraction of sp³-hybridized carbons (Fsp3) is 0.609. The predicted octanol–water partition coefficient (Wildman–Crippen LogP) is 2.91. The van der Waals surface area contributed by atoms with Crippen LogP contribution >= 0.6 is 0 Å². The number of non-ortho nitro benzene ring substituents is 1. The summed E-state index contributed by atoms with van der Waals surface area (Å²) in [5.41, 5.74) is 0.488. The van der Waals surface area contributed by atoms with Crippen molar-refractivity contribution in [3.05, 3.63) is 38.9 Å². The summed E-state index contributed by atoms with van der Waals surface area (Å²) in [5, 5.41) is 17.0. The fourth-order valence-corrected chi connectivity index (χ4v) is 4.86. The van der Waals surface area contributed by atoms with E-state index in [-0.39, 0.29) is 48.3 Å². The molecule has 1 aromatic heterocycles. The number of urea groups is 1. The number of likely N-dealkylation sites (tertiary alicyclic amines) is 1. The quantitative estimate of drug-likeness (QED) is 0.468. The average Bonchev–Trinajstić information content (AvgIpc) is 3.14. The zero-order valence-electron chi connectivity index (χ0n) is 19.2. The second-order valence-electron chi connectivity index (χ2n) is 9.14. The highest BCUT2D eigenvalue weighted by molar-refractivity contribution is 5.77. The average molecular weight is 474 g/mol. The number of benzene rings is 1. The van der Waals surface area contributed by atoms with E-state index < -0.39 is 10.7 Å². The van der Waals surface area contributed by atoms with E-state index >= 15 is 0 Å². The van der Waals surface area contributed by atoms with Crippen molar-refractivity contribution in [3.8, 4) is 0 Å². The van der Waals surface area contributed by atoms with Crippen LogP contribution in [0.25, 0.3) is 11.1 Å². The van der Waals surface area contributed by atoms with Crippen LogP contribution < -0.4 is 16.4 Å². The molecule has 11 nitrogen and oxygen atoms in total. The van der Waals surface area contributed by atoms with Gasteiger partial charge in [0.15, 0.2) is 5.58 Å². The van der Waals surface area contributed by atoms with Crippen LogP contribution in [0.1, 0.15) is 57.8 Å². The smallest absolute Gasteiger partial charge is 0.407 e. The third-order valence-corrected chi connectivity index (χ3v) is 6.76. The van der Waals surface area contributed by atoms with Crippen molar-refractivity contribution in [1.82, 2.24) is 20.1 Å². The molecule has 2 aromatic rings.